The van der Waals surface area contributed by atoms with Crippen LogP contribution in [0.5, 0.6) is 0 Å². The van der Waals surface area contributed by atoms with Crippen LogP contribution in [0.15, 0.2) is 43.6 Å². The van der Waals surface area contributed by atoms with E-state index in [0.29, 0.717) is 18.8 Å². The fraction of sp³-hybridized carbons (Fsp3) is 0.459. The lowest BCUT2D eigenvalue weighted by Crippen LogP contribution is -2.64. The van der Waals surface area contributed by atoms with Crippen molar-refractivity contribution < 1.29 is 4.79 Å². The Kier molecular flexibility index (Phi) is 7.11. The fourth-order valence-electron chi connectivity index (χ4n) is 8.73. The van der Waals surface area contributed by atoms with Crippen LogP contribution >= 0.6 is 0 Å². The quantitative estimate of drug-likeness (QED) is 0.224. The van der Waals surface area contributed by atoms with Crippen LogP contribution in [0, 0.1) is 19.3 Å². The van der Waals surface area contributed by atoms with E-state index in [1.165, 1.54) is 11.6 Å². The number of carbonyl (C=O) groups excluding carboxylic acids is 1. The van der Waals surface area contributed by atoms with Crippen molar-refractivity contribution >= 4 is 33.7 Å². The van der Waals surface area contributed by atoms with Crippen molar-refractivity contribution in [1.82, 2.24) is 25.1 Å². The molecule has 8 nitrogen and oxygen atoms in total. The van der Waals surface area contributed by atoms with Gasteiger partial charge < -0.3 is 16.4 Å². The molecule has 0 atom stereocenters. The van der Waals surface area contributed by atoms with Crippen molar-refractivity contribution in [2.75, 3.05) is 20.1 Å². The number of nitrogens with one attached hydrogen (secondary N) is 1. The molecule has 7 rings (SSSR count). The number of likely N-dealkylation sites (tertiary alicyclic amines) is 1. The van der Waals surface area contributed by atoms with Gasteiger partial charge in [-0.05, 0) is 137 Å². The summed E-state index contributed by atoms with van der Waals surface area (Å²) in [4.78, 5) is 25.6. The minimum Gasteiger partial charge on any atom is -0.320 e. The van der Waals surface area contributed by atoms with E-state index < -0.39 is 11.1 Å². The van der Waals surface area contributed by atoms with Gasteiger partial charge in [0.05, 0.1) is 34.0 Å². The van der Waals surface area contributed by atoms with Gasteiger partial charge in [0.15, 0.2) is 5.78 Å². The minimum absolute atomic E-state index is 0.0492. The number of nitrogens with zero attached hydrogens (tertiary/aromatic N) is 4. The Balaban J connectivity index is 1.37. The van der Waals surface area contributed by atoms with Gasteiger partial charge in [-0.2, -0.15) is 5.10 Å². The van der Waals surface area contributed by atoms with Crippen LogP contribution in [0.4, 0.5) is 0 Å². The summed E-state index contributed by atoms with van der Waals surface area (Å²) in [5, 5.41) is 9.60. The number of fused-ring (bicyclic) bond motifs is 2. The molecule has 3 heterocycles. The van der Waals surface area contributed by atoms with Crippen LogP contribution in [0.25, 0.3) is 39.0 Å². The van der Waals surface area contributed by atoms with E-state index in [-0.39, 0.29) is 11.2 Å². The number of ketones is 1. The lowest BCUT2D eigenvalue weighted by molar-refractivity contribution is -0.130. The highest BCUT2D eigenvalue weighted by Crippen LogP contribution is 2.59. The first-order valence-electron chi connectivity index (χ1n) is 16.3. The van der Waals surface area contributed by atoms with Crippen molar-refractivity contribution in [2.24, 2.45) is 16.9 Å². The van der Waals surface area contributed by atoms with Crippen LogP contribution in [-0.4, -0.2) is 56.5 Å². The Bertz CT molecular complexity index is 1850. The van der Waals surface area contributed by atoms with Gasteiger partial charge in [-0.1, -0.05) is 25.3 Å². The first-order valence-corrected chi connectivity index (χ1v) is 16.3. The molecule has 1 aliphatic heterocycles. The van der Waals surface area contributed by atoms with Gasteiger partial charge in [-0.15, -0.1) is 0 Å². The maximum atomic E-state index is 12.4. The summed E-state index contributed by atoms with van der Waals surface area (Å²) in [6.07, 6.45) is 12.1. The number of benzene rings is 2. The number of H-pyrrole nitrogens is 1. The molecule has 5 N–H and O–H groups in total. The number of hydrogen-bond acceptors (Lipinski definition) is 7. The standard InChI is InChI=1S/C37H45N7O/c1-6-24-18-26-32(23(4)31(24)30-22(3)8-9-28-27(30)19-40-43-28)41-34(25-10-16-44(5)17-11-25)42-33(26)36(38)14-12-35(13-15-36)20-37(39,21-35)29(45)7-2/h6-9,18-19,25H,1-2,10-17,20-21,38-39H2,3-5H3,(H,40,43). The molecule has 4 aromatic rings. The predicted molar refractivity (Wildman–Crippen MR) is 182 cm³/mol. The molecule has 3 fully saturated rings. The molecular weight excluding hydrogens is 558 g/mol. The van der Waals surface area contributed by atoms with Gasteiger partial charge in [0.25, 0.3) is 0 Å². The van der Waals surface area contributed by atoms with Crippen molar-refractivity contribution in [1.29, 1.82) is 0 Å². The molecule has 0 bridgehead atoms. The highest BCUT2D eigenvalue weighted by molar-refractivity contribution is 6.03. The zero-order valence-electron chi connectivity index (χ0n) is 26.9. The summed E-state index contributed by atoms with van der Waals surface area (Å²) >= 11 is 0. The maximum absolute atomic E-state index is 12.4. The van der Waals surface area contributed by atoms with E-state index in [4.69, 9.17) is 21.4 Å². The second kappa shape index (κ2) is 10.7. The maximum Gasteiger partial charge on any atom is 0.174 e. The Morgan fingerprint density at radius 2 is 1.73 bits per heavy atom. The molecule has 1 spiro atoms. The molecule has 234 valence electrons. The fourth-order valence-corrected chi connectivity index (χ4v) is 8.73. The number of piperidine rings is 1. The van der Waals surface area contributed by atoms with Crippen molar-refractivity contribution in [3.63, 3.8) is 0 Å². The Hall–Kier alpha value is -3.72. The third-order valence-electron chi connectivity index (χ3n) is 11.4. The molecule has 45 heavy (non-hydrogen) atoms. The molecule has 2 aliphatic carbocycles. The summed E-state index contributed by atoms with van der Waals surface area (Å²) in [5.41, 5.74) is 21.2. The van der Waals surface area contributed by atoms with Crippen molar-refractivity contribution in [3.8, 4) is 11.1 Å². The van der Waals surface area contributed by atoms with Gasteiger partial charge >= 0.3 is 0 Å². The summed E-state index contributed by atoms with van der Waals surface area (Å²) in [5.74, 6) is 1.15. The van der Waals surface area contributed by atoms with Crippen molar-refractivity contribution in [2.45, 2.75) is 82.2 Å². The number of carbonyl (C=O) groups is 1. The Morgan fingerprint density at radius 3 is 2.40 bits per heavy atom. The SMILES string of the molecule is C=CC(=O)C1(N)CC2(CCC(N)(c3nc(C4CCN(C)CC4)nc4c(C)c(-c5c(C)ccc6[nH]ncc56)c(C=C)cc34)CC2)C1. The third-order valence-corrected chi connectivity index (χ3v) is 11.4. The second-order valence-electron chi connectivity index (χ2n) is 14.4. The van der Waals surface area contributed by atoms with E-state index in [0.717, 1.165) is 107 Å². The van der Waals surface area contributed by atoms with Crippen LogP contribution in [-0.2, 0) is 10.3 Å². The van der Waals surface area contributed by atoms with Crippen LogP contribution in [0.1, 0.15) is 85.5 Å². The summed E-state index contributed by atoms with van der Waals surface area (Å²) in [6.45, 7) is 14.3. The number of aromatic nitrogens is 4. The first-order chi connectivity index (χ1) is 21.5. The molecule has 1 saturated heterocycles. The van der Waals surface area contributed by atoms with Crippen LogP contribution < -0.4 is 11.5 Å². The summed E-state index contributed by atoms with van der Waals surface area (Å²) in [6, 6.07) is 6.45. The minimum atomic E-state index is -0.776. The number of nitrogens with two attached hydrogens (primary N) is 2. The van der Waals surface area contributed by atoms with E-state index in [1.807, 2.05) is 12.3 Å². The smallest absolute Gasteiger partial charge is 0.174 e. The predicted octanol–water partition coefficient (Wildman–Crippen LogP) is 6.20. The van der Waals surface area contributed by atoms with Crippen molar-refractivity contribution in [3.05, 3.63) is 71.8 Å². The van der Waals surface area contributed by atoms with Crippen LogP contribution in [0.2, 0.25) is 0 Å². The van der Waals surface area contributed by atoms with E-state index in [2.05, 4.69) is 67.3 Å². The first kappa shape index (κ1) is 30.0. The van der Waals surface area contributed by atoms with Gasteiger partial charge in [-0.25, -0.2) is 9.97 Å². The van der Waals surface area contributed by atoms with Gasteiger partial charge in [0.2, 0.25) is 0 Å². The lowest BCUT2D eigenvalue weighted by atomic mass is 9.49. The van der Waals surface area contributed by atoms with E-state index in [1.54, 1.807) is 0 Å². The molecule has 0 amide bonds. The number of rotatable bonds is 6. The Morgan fingerprint density at radius 1 is 1.02 bits per heavy atom. The second-order valence-corrected chi connectivity index (χ2v) is 14.4. The average molecular weight is 604 g/mol. The molecule has 2 aromatic carbocycles. The monoisotopic (exact) mass is 603 g/mol. The molecule has 2 saturated carbocycles. The average Bonchev–Trinajstić information content (AvgIpc) is 3.50. The zero-order valence-corrected chi connectivity index (χ0v) is 26.9. The summed E-state index contributed by atoms with van der Waals surface area (Å²) < 4.78 is 0. The zero-order chi connectivity index (χ0) is 31.7. The normalized spacial score (nSPS) is 27.6. The van der Waals surface area contributed by atoms with Gasteiger partial charge in [0.1, 0.15) is 5.82 Å². The molecule has 3 aliphatic rings. The number of aromatic amines is 1. The van der Waals surface area contributed by atoms with E-state index in [9.17, 15) is 4.79 Å². The molecular formula is C37H45N7O. The van der Waals surface area contributed by atoms with Gasteiger partial charge in [0, 0.05) is 16.7 Å². The highest BCUT2D eigenvalue weighted by atomic mass is 16.1. The Labute approximate surface area is 265 Å². The van der Waals surface area contributed by atoms with Gasteiger partial charge in [-0.3, -0.25) is 9.89 Å². The molecule has 0 radical (unpaired) electrons. The third kappa shape index (κ3) is 4.77. The molecule has 0 unspecified atom stereocenters. The topological polar surface area (TPSA) is 127 Å². The number of aryl methyl sites for hydroxylation is 2. The number of hydrogen-bond donors (Lipinski definition) is 3. The highest BCUT2D eigenvalue weighted by Gasteiger charge is 2.57. The molecule has 8 heteroatoms. The molecule has 2 aromatic heterocycles. The largest absolute Gasteiger partial charge is 0.320 e. The lowest BCUT2D eigenvalue weighted by Gasteiger charge is -2.57. The van der Waals surface area contributed by atoms with E-state index >= 15 is 0 Å². The van der Waals surface area contributed by atoms with Crippen LogP contribution in [0.3, 0.4) is 0 Å². The summed E-state index contributed by atoms with van der Waals surface area (Å²) in [7, 11) is 2.18.